The highest BCUT2D eigenvalue weighted by molar-refractivity contribution is 5.84. The molecule has 2 aromatic rings. The molecule has 0 spiro atoms. The number of ether oxygens (including phenoxy) is 2. The molecule has 1 saturated heterocycles. The van der Waals surface area contributed by atoms with Gasteiger partial charge in [-0.15, -0.1) is 0 Å². The lowest BCUT2D eigenvalue weighted by Gasteiger charge is -2.23. The van der Waals surface area contributed by atoms with Crippen LogP contribution in [0.1, 0.15) is 12.8 Å². The van der Waals surface area contributed by atoms with Crippen LogP contribution in [0.2, 0.25) is 0 Å². The quantitative estimate of drug-likeness (QED) is 0.849. The minimum atomic E-state index is 0.470. The lowest BCUT2D eigenvalue weighted by molar-refractivity contribution is 0.0693. The first-order valence-electron chi connectivity index (χ1n) is 7.21. The van der Waals surface area contributed by atoms with Gasteiger partial charge in [-0.25, -0.2) is 0 Å². The van der Waals surface area contributed by atoms with Crippen molar-refractivity contribution >= 4 is 10.9 Å². The zero-order valence-corrected chi connectivity index (χ0v) is 11.5. The summed E-state index contributed by atoms with van der Waals surface area (Å²) < 4.78 is 11.3. The molecule has 4 heteroatoms. The maximum Gasteiger partial charge on any atom is 0.145 e. The third kappa shape index (κ3) is 3.26. The summed E-state index contributed by atoms with van der Waals surface area (Å²) in [7, 11) is 0. The second-order valence-corrected chi connectivity index (χ2v) is 5.05. The number of benzene rings is 1. The van der Waals surface area contributed by atoms with E-state index in [1.165, 1.54) is 6.42 Å². The molecule has 0 amide bonds. The van der Waals surface area contributed by atoms with Crippen molar-refractivity contribution in [3.8, 4) is 5.75 Å². The smallest absolute Gasteiger partial charge is 0.145 e. The molecule has 106 valence electrons. The number of pyridine rings is 1. The van der Waals surface area contributed by atoms with E-state index < -0.39 is 0 Å². The van der Waals surface area contributed by atoms with Crippen molar-refractivity contribution < 1.29 is 9.47 Å². The third-order valence-corrected chi connectivity index (χ3v) is 3.55. The summed E-state index contributed by atoms with van der Waals surface area (Å²) in [6.45, 7) is 3.19. The van der Waals surface area contributed by atoms with Crippen LogP contribution in [-0.4, -0.2) is 37.4 Å². The van der Waals surface area contributed by atoms with Crippen molar-refractivity contribution in [3.63, 3.8) is 0 Å². The minimum Gasteiger partial charge on any atom is -0.490 e. The van der Waals surface area contributed by atoms with E-state index in [1.807, 2.05) is 30.3 Å². The van der Waals surface area contributed by atoms with Gasteiger partial charge in [0.05, 0.1) is 6.61 Å². The number of aromatic nitrogens is 1. The predicted molar refractivity (Wildman–Crippen MR) is 79.1 cm³/mol. The summed E-state index contributed by atoms with van der Waals surface area (Å²) in [5, 5.41) is 4.58. The Bertz CT molecular complexity index is 548. The van der Waals surface area contributed by atoms with Crippen molar-refractivity contribution in [1.29, 1.82) is 0 Å². The zero-order valence-electron chi connectivity index (χ0n) is 11.5. The monoisotopic (exact) mass is 272 g/mol. The summed E-state index contributed by atoms with van der Waals surface area (Å²) in [5.74, 6) is 0.852. The Morgan fingerprint density at radius 2 is 2.25 bits per heavy atom. The van der Waals surface area contributed by atoms with E-state index in [2.05, 4.69) is 10.3 Å². The Morgan fingerprint density at radius 3 is 3.15 bits per heavy atom. The molecule has 1 aliphatic heterocycles. The van der Waals surface area contributed by atoms with Crippen LogP contribution in [0.25, 0.3) is 10.9 Å². The molecular weight excluding hydrogens is 252 g/mol. The Balaban J connectivity index is 1.52. The van der Waals surface area contributed by atoms with E-state index in [0.717, 1.165) is 42.8 Å². The van der Waals surface area contributed by atoms with Crippen molar-refractivity contribution in [2.75, 3.05) is 26.4 Å². The van der Waals surface area contributed by atoms with Gasteiger partial charge in [0.15, 0.2) is 0 Å². The second-order valence-electron chi connectivity index (χ2n) is 5.05. The third-order valence-electron chi connectivity index (χ3n) is 3.55. The Morgan fingerprint density at radius 1 is 1.30 bits per heavy atom. The standard InChI is InChI=1S/C16H20N2O2/c1-4-13-5-2-8-18-16(13)15(7-1)20-11-9-17-14-6-3-10-19-12-14/h1-2,4-5,7-8,14,17H,3,6,9-12H2/t14-/m0/s1. The van der Waals surface area contributed by atoms with Gasteiger partial charge in [0, 0.05) is 30.8 Å². The first-order chi connectivity index (χ1) is 9.93. The van der Waals surface area contributed by atoms with Gasteiger partial charge < -0.3 is 14.8 Å². The molecule has 0 radical (unpaired) electrons. The summed E-state index contributed by atoms with van der Waals surface area (Å²) in [6, 6.07) is 10.5. The minimum absolute atomic E-state index is 0.470. The Kier molecular flexibility index (Phi) is 4.46. The van der Waals surface area contributed by atoms with Crippen LogP contribution in [-0.2, 0) is 4.74 Å². The molecular formula is C16H20N2O2. The normalized spacial score (nSPS) is 19.1. The van der Waals surface area contributed by atoms with Gasteiger partial charge in [0.2, 0.25) is 0 Å². The number of nitrogens with one attached hydrogen (secondary N) is 1. The van der Waals surface area contributed by atoms with Gasteiger partial charge in [-0.2, -0.15) is 0 Å². The molecule has 20 heavy (non-hydrogen) atoms. The molecule has 0 saturated carbocycles. The molecule has 1 aromatic heterocycles. The highest BCUT2D eigenvalue weighted by Crippen LogP contribution is 2.22. The first-order valence-corrected chi connectivity index (χ1v) is 7.21. The molecule has 1 N–H and O–H groups in total. The van der Waals surface area contributed by atoms with Crippen LogP contribution >= 0.6 is 0 Å². The van der Waals surface area contributed by atoms with Gasteiger partial charge >= 0.3 is 0 Å². The molecule has 0 unspecified atom stereocenters. The highest BCUT2D eigenvalue weighted by Gasteiger charge is 2.12. The van der Waals surface area contributed by atoms with Crippen molar-refractivity contribution in [2.45, 2.75) is 18.9 Å². The topological polar surface area (TPSA) is 43.4 Å². The Hall–Kier alpha value is -1.65. The number of hydrogen-bond donors (Lipinski definition) is 1. The predicted octanol–water partition coefficient (Wildman–Crippen LogP) is 2.38. The van der Waals surface area contributed by atoms with Crippen LogP contribution in [0.15, 0.2) is 36.5 Å². The SMILES string of the molecule is c1cnc2c(OCCN[C@H]3CCCOC3)cccc2c1. The molecule has 1 fully saturated rings. The summed E-state index contributed by atoms with van der Waals surface area (Å²) in [4.78, 5) is 4.38. The fourth-order valence-corrected chi connectivity index (χ4v) is 2.52. The summed E-state index contributed by atoms with van der Waals surface area (Å²) in [5.41, 5.74) is 0.927. The average Bonchev–Trinajstić information content (AvgIpc) is 2.53. The van der Waals surface area contributed by atoms with Crippen molar-refractivity contribution in [1.82, 2.24) is 10.3 Å². The Labute approximate surface area is 119 Å². The molecule has 1 aromatic carbocycles. The first kappa shape index (κ1) is 13.3. The molecule has 2 heterocycles. The average molecular weight is 272 g/mol. The van der Waals surface area contributed by atoms with E-state index >= 15 is 0 Å². The van der Waals surface area contributed by atoms with Gasteiger partial charge in [0.1, 0.15) is 17.9 Å². The van der Waals surface area contributed by atoms with E-state index in [4.69, 9.17) is 9.47 Å². The maximum atomic E-state index is 5.84. The highest BCUT2D eigenvalue weighted by atomic mass is 16.5. The maximum absolute atomic E-state index is 5.84. The molecule has 0 bridgehead atoms. The molecule has 3 rings (SSSR count). The van der Waals surface area contributed by atoms with Crippen molar-refractivity contribution in [2.24, 2.45) is 0 Å². The van der Waals surface area contributed by atoms with Crippen molar-refractivity contribution in [3.05, 3.63) is 36.5 Å². The zero-order chi connectivity index (χ0) is 13.6. The lowest BCUT2D eigenvalue weighted by atomic mass is 10.1. The van der Waals surface area contributed by atoms with E-state index in [-0.39, 0.29) is 0 Å². The summed E-state index contributed by atoms with van der Waals surface area (Å²) >= 11 is 0. The fourth-order valence-electron chi connectivity index (χ4n) is 2.52. The van der Waals surface area contributed by atoms with E-state index in [1.54, 1.807) is 6.20 Å². The largest absolute Gasteiger partial charge is 0.490 e. The number of fused-ring (bicyclic) bond motifs is 1. The van der Waals surface area contributed by atoms with Gasteiger partial charge in [0.25, 0.3) is 0 Å². The lowest BCUT2D eigenvalue weighted by Crippen LogP contribution is -2.38. The molecule has 1 aliphatic rings. The molecule has 0 aliphatic carbocycles. The van der Waals surface area contributed by atoms with Crippen LogP contribution < -0.4 is 10.1 Å². The van der Waals surface area contributed by atoms with Crippen LogP contribution in [0.4, 0.5) is 0 Å². The number of rotatable bonds is 5. The van der Waals surface area contributed by atoms with Gasteiger partial charge in [-0.1, -0.05) is 18.2 Å². The fraction of sp³-hybridized carbons (Fsp3) is 0.438. The van der Waals surface area contributed by atoms with Crippen LogP contribution in [0.5, 0.6) is 5.75 Å². The summed E-state index contributed by atoms with van der Waals surface area (Å²) in [6.07, 6.45) is 4.13. The van der Waals surface area contributed by atoms with E-state index in [0.29, 0.717) is 12.6 Å². The van der Waals surface area contributed by atoms with Gasteiger partial charge in [-0.3, -0.25) is 4.98 Å². The molecule has 4 nitrogen and oxygen atoms in total. The van der Waals surface area contributed by atoms with Gasteiger partial charge in [-0.05, 0) is 25.0 Å². The van der Waals surface area contributed by atoms with E-state index in [9.17, 15) is 0 Å². The molecule has 1 atom stereocenters. The number of hydrogen-bond acceptors (Lipinski definition) is 4. The number of nitrogens with zero attached hydrogens (tertiary/aromatic N) is 1. The van der Waals surface area contributed by atoms with Crippen LogP contribution in [0, 0.1) is 0 Å². The number of para-hydroxylation sites is 1. The second kappa shape index (κ2) is 6.68. The van der Waals surface area contributed by atoms with Crippen LogP contribution in [0.3, 0.4) is 0 Å².